The number of piperazine rings is 1. The largest absolute Gasteiger partial charge is 0.340 e. The molecule has 0 bridgehead atoms. The predicted octanol–water partition coefficient (Wildman–Crippen LogP) is 0.857. The number of nitrogens with zero attached hydrogens (tertiary/aromatic N) is 2. The molecule has 0 aliphatic carbocycles. The van der Waals surface area contributed by atoms with Gasteiger partial charge >= 0.3 is 0 Å². The van der Waals surface area contributed by atoms with Gasteiger partial charge in [0.2, 0.25) is 11.8 Å². The predicted molar refractivity (Wildman–Crippen MR) is 99.9 cm³/mol. The molecule has 2 heterocycles. The van der Waals surface area contributed by atoms with Gasteiger partial charge in [-0.3, -0.25) is 14.5 Å². The molecule has 0 saturated carbocycles. The summed E-state index contributed by atoms with van der Waals surface area (Å²) >= 11 is 6.03. The molecular formula is C17H22ClN3O4S. The van der Waals surface area contributed by atoms with E-state index >= 15 is 0 Å². The molecule has 0 radical (unpaired) electrons. The van der Waals surface area contributed by atoms with Crippen LogP contribution in [0.25, 0.3) is 0 Å². The third-order valence-corrected chi connectivity index (χ3v) is 6.88. The molecule has 2 aliphatic heterocycles. The van der Waals surface area contributed by atoms with Gasteiger partial charge in [-0.05, 0) is 18.6 Å². The lowest BCUT2D eigenvalue weighted by Gasteiger charge is -2.35. The maximum atomic E-state index is 12.4. The quantitative estimate of drug-likeness (QED) is 0.811. The number of para-hydroxylation sites is 1. The van der Waals surface area contributed by atoms with Crippen molar-refractivity contribution in [2.75, 3.05) is 49.5 Å². The SMILES string of the molecule is O=C(CN1CCN(C(=O)[C@@H]2CCS(=O)(=O)C2)CC1)Nc1ccccc1Cl. The zero-order valence-corrected chi connectivity index (χ0v) is 15.9. The zero-order valence-electron chi connectivity index (χ0n) is 14.4. The summed E-state index contributed by atoms with van der Waals surface area (Å²) in [4.78, 5) is 28.3. The van der Waals surface area contributed by atoms with E-state index in [1.165, 1.54) is 0 Å². The summed E-state index contributed by atoms with van der Waals surface area (Å²) in [6, 6.07) is 7.05. The van der Waals surface area contributed by atoms with E-state index in [0.717, 1.165) is 0 Å². The highest BCUT2D eigenvalue weighted by Crippen LogP contribution is 2.22. The van der Waals surface area contributed by atoms with Crippen molar-refractivity contribution in [3.05, 3.63) is 29.3 Å². The maximum absolute atomic E-state index is 12.4. The molecule has 0 unspecified atom stereocenters. The number of halogens is 1. The molecule has 1 N–H and O–H groups in total. The van der Waals surface area contributed by atoms with Crippen LogP contribution < -0.4 is 5.32 Å². The van der Waals surface area contributed by atoms with Gasteiger partial charge in [-0.15, -0.1) is 0 Å². The first-order valence-electron chi connectivity index (χ1n) is 8.60. The molecule has 2 amide bonds. The standard InChI is InChI=1S/C17H22ClN3O4S/c18-14-3-1-2-4-15(14)19-16(22)11-20-6-8-21(9-7-20)17(23)13-5-10-26(24,25)12-13/h1-4,13H,5-12H2,(H,19,22)/t13-/m1/s1. The van der Waals surface area contributed by atoms with Gasteiger partial charge in [-0.1, -0.05) is 23.7 Å². The molecule has 1 atom stereocenters. The Morgan fingerprint density at radius 3 is 2.46 bits per heavy atom. The third-order valence-electron chi connectivity index (χ3n) is 4.78. The van der Waals surface area contributed by atoms with E-state index in [4.69, 9.17) is 11.6 Å². The number of amides is 2. The molecule has 7 nitrogen and oxygen atoms in total. The minimum absolute atomic E-state index is 0.0354. The molecule has 142 valence electrons. The lowest BCUT2D eigenvalue weighted by Crippen LogP contribution is -2.51. The summed E-state index contributed by atoms with van der Waals surface area (Å²) in [6.45, 7) is 2.41. The fraction of sp³-hybridized carbons (Fsp3) is 0.529. The average Bonchev–Trinajstić information content (AvgIpc) is 2.97. The summed E-state index contributed by atoms with van der Waals surface area (Å²) < 4.78 is 23.1. The maximum Gasteiger partial charge on any atom is 0.238 e. The van der Waals surface area contributed by atoms with Crippen LogP contribution in [-0.4, -0.2) is 74.3 Å². The normalized spacial score (nSPS) is 23.0. The van der Waals surface area contributed by atoms with E-state index in [1.807, 2.05) is 4.90 Å². The Kier molecular flexibility index (Phi) is 5.84. The second-order valence-electron chi connectivity index (χ2n) is 6.73. The highest BCUT2D eigenvalue weighted by atomic mass is 35.5. The van der Waals surface area contributed by atoms with Crippen molar-refractivity contribution in [2.24, 2.45) is 5.92 Å². The van der Waals surface area contributed by atoms with Gasteiger partial charge in [0, 0.05) is 26.2 Å². The van der Waals surface area contributed by atoms with Crippen LogP contribution in [0.2, 0.25) is 5.02 Å². The van der Waals surface area contributed by atoms with Crippen LogP contribution in [0, 0.1) is 5.92 Å². The number of hydrogen-bond acceptors (Lipinski definition) is 5. The van der Waals surface area contributed by atoms with Crippen LogP contribution in [0.5, 0.6) is 0 Å². The van der Waals surface area contributed by atoms with Crippen molar-refractivity contribution in [1.82, 2.24) is 9.80 Å². The molecule has 0 aromatic heterocycles. The van der Waals surface area contributed by atoms with E-state index in [-0.39, 0.29) is 29.9 Å². The van der Waals surface area contributed by atoms with Crippen LogP contribution in [-0.2, 0) is 19.4 Å². The number of anilines is 1. The molecule has 2 fully saturated rings. The molecule has 26 heavy (non-hydrogen) atoms. The number of nitrogens with one attached hydrogen (secondary N) is 1. The van der Waals surface area contributed by atoms with E-state index < -0.39 is 15.8 Å². The second-order valence-corrected chi connectivity index (χ2v) is 9.37. The molecule has 1 aromatic carbocycles. The molecule has 2 aliphatic rings. The molecular weight excluding hydrogens is 378 g/mol. The Labute approximate surface area is 158 Å². The fourth-order valence-corrected chi connectivity index (χ4v) is 5.25. The monoisotopic (exact) mass is 399 g/mol. The van der Waals surface area contributed by atoms with Crippen molar-refractivity contribution in [3.8, 4) is 0 Å². The van der Waals surface area contributed by atoms with Crippen LogP contribution in [0.15, 0.2) is 24.3 Å². The van der Waals surface area contributed by atoms with Crippen LogP contribution in [0.1, 0.15) is 6.42 Å². The number of hydrogen-bond donors (Lipinski definition) is 1. The summed E-state index contributed by atoms with van der Waals surface area (Å²) in [7, 11) is -3.06. The summed E-state index contributed by atoms with van der Waals surface area (Å²) in [6.07, 6.45) is 0.418. The summed E-state index contributed by atoms with van der Waals surface area (Å²) in [5.41, 5.74) is 0.579. The van der Waals surface area contributed by atoms with Crippen LogP contribution in [0.3, 0.4) is 0 Å². The highest BCUT2D eigenvalue weighted by molar-refractivity contribution is 7.91. The van der Waals surface area contributed by atoms with Crippen molar-refractivity contribution >= 4 is 38.9 Å². The van der Waals surface area contributed by atoms with Gasteiger partial charge in [-0.25, -0.2) is 8.42 Å². The highest BCUT2D eigenvalue weighted by Gasteiger charge is 2.36. The van der Waals surface area contributed by atoms with Crippen molar-refractivity contribution in [1.29, 1.82) is 0 Å². The third kappa shape index (κ3) is 4.75. The number of carbonyl (C=O) groups is 2. The zero-order chi connectivity index (χ0) is 18.7. The Morgan fingerprint density at radius 1 is 1.15 bits per heavy atom. The van der Waals surface area contributed by atoms with Crippen LogP contribution >= 0.6 is 11.6 Å². The molecule has 9 heteroatoms. The topological polar surface area (TPSA) is 86.8 Å². The molecule has 2 saturated heterocycles. The number of benzene rings is 1. The minimum atomic E-state index is -3.06. The van der Waals surface area contributed by atoms with E-state index in [0.29, 0.717) is 43.3 Å². The lowest BCUT2D eigenvalue weighted by atomic mass is 10.1. The van der Waals surface area contributed by atoms with Crippen molar-refractivity contribution in [2.45, 2.75) is 6.42 Å². The first kappa shape index (κ1) is 19.1. The number of carbonyl (C=O) groups excluding carboxylic acids is 2. The fourth-order valence-electron chi connectivity index (χ4n) is 3.33. The Balaban J connectivity index is 1.46. The second kappa shape index (κ2) is 7.94. The van der Waals surface area contributed by atoms with Gasteiger partial charge in [0.1, 0.15) is 0 Å². The summed E-state index contributed by atoms with van der Waals surface area (Å²) in [5.74, 6) is -0.571. The number of sulfone groups is 1. The van der Waals surface area contributed by atoms with Crippen molar-refractivity contribution in [3.63, 3.8) is 0 Å². The first-order chi connectivity index (χ1) is 12.3. The Bertz CT molecular complexity index is 791. The van der Waals surface area contributed by atoms with Crippen LogP contribution in [0.4, 0.5) is 5.69 Å². The van der Waals surface area contributed by atoms with Gasteiger partial charge in [-0.2, -0.15) is 0 Å². The molecule has 0 spiro atoms. The first-order valence-corrected chi connectivity index (χ1v) is 10.8. The number of rotatable bonds is 4. The van der Waals surface area contributed by atoms with E-state index in [2.05, 4.69) is 5.32 Å². The van der Waals surface area contributed by atoms with Gasteiger partial charge in [0.05, 0.1) is 34.7 Å². The lowest BCUT2D eigenvalue weighted by molar-refractivity contribution is -0.136. The molecule has 1 aromatic rings. The van der Waals surface area contributed by atoms with Gasteiger partial charge in [0.25, 0.3) is 0 Å². The van der Waals surface area contributed by atoms with Crippen molar-refractivity contribution < 1.29 is 18.0 Å². The van der Waals surface area contributed by atoms with Gasteiger partial charge < -0.3 is 10.2 Å². The van der Waals surface area contributed by atoms with E-state index in [1.54, 1.807) is 29.2 Å². The Morgan fingerprint density at radius 2 is 1.85 bits per heavy atom. The molecule has 3 rings (SSSR count). The summed E-state index contributed by atoms with van der Waals surface area (Å²) in [5, 5.41) is 3.27. The average molecular weight is 400 g/mol. The smallest absolute Gasteiger partial charge is 0.238 e. The Hall–Kier alpha value is -1.64. The van der Waals surface area contributed by atoms with E-state index in [9.17, 15) is 18.0 Å². The minimum Gasteiger partial charge on any atom is -0.340 e. The van der Waals surface area contributed by atoms with Gasteiger partial charge in [0.15, 0.2) is 9.84 Å².